The van der Waals surface area contributed by atoms with Crippen LogP contribution < -0.4 is 5.32 Å². The van der Waals surface area contributed by atoms with Crippen LogP contribution in [0.25, 0.3) is 0 Å². The molecule has 0 aromatic carbocycles. The van der Waals surface area contributed by atoms with Gasteiger partial charge in [0.15, 0.2) is 0 Å². The number of aliphatic hydroxyl groups is 1. The van der Waals surface area contributed by atoms with Gasteiger partial charge in [-0.15, -0.1) is 0 Å². The first kappa shape index (κ1) is 10.5. The Bertz CT molecular complexity index is 264. The number of rotatable bonds is 4. The molecule has 13 heavy (non-hydrogen) atoms. The number of pyridine rings is 1. The molecule has 0 aliphatic heterocycles. The van der Waals surface area contributed by atoms with Crippen LogP contribution in [0.2, 0.25) is 0 Å². The lowest BCUT2D eigenvalue weighted by Crippen LogP contribution is -2.22. The van der Waals surface area contributed by atoms with E-state index >= 15 is 0 Å². The zero-order chi connectivity index (χ0) is 9.68. The molecule has 1 rings (SSSR count). The van der Waals surface area contributed by atoms with Crippen molar-refractivity contribution in [2.75, 3.05) is 11.9 Å². The average molecular weight is 245 g/mol. The number of nitrogens with one attached hydrogen (secondary N) is 1. The first-order valence-electron chi connectivity index (χ1n) is 4.25. The molecule has 0 bridgehead atoms. The number of nitrogens with zero attached hydrogens (tertiary/aromatic N) is 1. The van der Waals surface area contributed by atoms with Crippen molar-refractivity contribution in [3.63, 3.8) is 0 Å². The Kier molecular flexibility index (Phi) is 4.18. The second kappa shape index (κ2) is 5.19. The van der Waals surface area contributed by atoms with Crippen LogP contribution in [0.4, 0.5) is 5.69 Å². The minimum atomic E-state index is 0.0977. The van der Waals surface area contributed by atoms with Crippen molar-refractivity contribution in [3.05, 3.63) is 22.9 Å². The molecular weight excluding hydrogens is 232 g/mol. The Morgan fingerprint density at radius 1 is 1.69 bits per heavy atom. The molecule has 0 spiro atoms. The van der Waals surface area contributed by atoms with Gasteiger partial charge in [-0.25, -0.2) is 4.98 Å². The van der Waals surface area contributed by atoms with E-state index in [4.69, 9.17) is 5.11 Å². The third kappa shape index (κ3) is 2.97. The highest BCUT2D eigenvalue weighted by atomic mass is 79.9. The molecule has 4 heteroatoms. The Hall–Kier alpha value is -0.610. The van der Waals surface area contributed by atoms with Crippen molar-refractivity contribution in [2.45, 2.75) is 19.4 Å². The molecule has 3 nitrogen and oxygen atoms in total. The van der Waals surface area contributed by atoms with Gasteiger partial charge in [-0.05, 0) is 34.5 Å². The standard InChI is InChI=1S/C9H13BrN2O/c1-2-7(6-13)12-8-4-3-5-11-9(8)10/h3-5,7,12-13H,2,6H2,1H3. The molecule has 1 atom stereocenters. The second-order valence-electron chi connectivity index (χ2n) is 2.77. The fraction of sp³-hybridized carbons (Fsp3) is 0.444. The molecule has 72 valence electrons. The smallest absolute Gasteiger partial charge is 0.129 e. The summed E-state index contributed by atoms with van der Waals surface area (Å²) in [6.07, 6.45) is 2.60. The fourth-order valence-corrected chi connectivity index (χ4v) is 1.36. The zero-order valence-electron chi connectivity index (χ0n) is 7.50. The fourth-order valence-electron chi connectivity index (χ4n) is 0.990. The Balaban J connectivity index is 2.67. The van der Waals surface area contributed by atoms with Gasteiger partial charge in [0, 0.05) is 12.2 Å². The molecule has 0 fully saturated rings. The van der Waals surface area contributed by atoms with Crippen molar-refractivity contribution in [2.24, 2.45) is 0 Å². The molecule has 1 aromatic heterocycles. The van der Waals surface area contributed by atoms with Gasteiger partial charge in [0.1, 0.15) is 4.60 Å². The van der Waals surface area contributed by atoms with Crippen LogP contribution in [0, 0.1) is 0 Å². The van der Waals surface area contributed by atoms with Gasteiger partial charge in [0.2, 0.25) is 0 Å². The first-order chi connectivity index (χ1) is 6.27. The van der Waals surface area contributed by atoms with Crippen molar-refractivity contribution in [3.8, 4) is 0 Å². The van der Waals surface area contributed by atoms with Gasteiger partial charge in [-0.1, -0.05) is 6.92 Å². The monoisotopic (exact) mass is 244 g/mol. The lowest BCUT2D eigenvalue weighted by atomic mass is 10.2. The predicted molar refractivity (Wildman–Crippen MR) is 56.7 cm³/mol. The zero-order valence-corrected chi connectivity index (χ0v) is 9.08. The molecule has 2 N–H and O–H groups in total. The highest BCUT2D eigenvalue weighted by Gasteiger charge is 2.06. The van der Waals surface area contributed by atoms with Crippen molar-refractivity contribution >= 4 is 21.6 Å². The third-order valence-electron chi connectivity index (χ3n) is 1.83. The molecule has 0 aliphatic carbocycles. The summed E-state index contributed by atoms with van der Waals surface area (Å²) in [5, 5.41) is 12.2. The highest BCUT2D eigenvalue weighted by Crippen LogP contribution is 2.19. The lowest BCUT2D eigenvalue weighted by Gasteiger charge is -2.15. The average Bonchev–Trinajstić information content (AvgIpc) is 2.17. The predicted octanol–water partition coefficient (Wildman–Crippen LogP) is 2.03. The molecule has 0 radical (unpaired) electrons. The summed E-state index contributed by atoms with van der Waals surface area (Å²) >= 11 is 3.33. The minimum absolute atomic E-state index is 0.0977. The number of hydrogen-bond acceptors (Lipinski definition) is 3. The van der Waals surface area contributed by atoms with Gasteiger partial charge < -0.3 is 10.4 Å². The van der Waals surface area contributed by atoms with Gasteiger partial charge in [-0.3, -0.25) is 0 Å². The number of hydrogen-bond donors (Lipinski definition) is 2. The SMILES string of the molecule is CCC(CO)Nc1cccnc1Br. The van der Waals surface area contributed by atoms with Crippen LogP contribution in [-0.2, 0) is 0 Å². The molecule has 0 saturated carbocycles. The molecule has 0 aliphatic rings. The first-order valence-corrected chi connectivity index (χ1v) is 5.05. The molecule has 0 amide bonds. The van der Waals surface area contributed by atoms with Gasteiger partial charge >= 0.3 is 0 Å². The van der Waals surface area contributed by atoms with E-state index in [0.29, 0.717) is 0 Å². The third-order valence-corrected chi connectivity index (χ3v) is 2.46. The van der Waals surface area contributed by atoms with Crippen LogP contribution in [0.5, 0.6) is 0 Å². The van der Waals surface area contributed by atoms with Crippen LogP contribution >= 0.6 is 15.9 Å². The van der Waals surface area contributed by atoms with E-state index in [9.17, 15) is 0 Å². The highest BCUT2D eigenvalue weighted by molar-refractivity contribution is 9.10. The normalized spacial score (nSPS) is 12.5. The number of anilines is 1. The minimum Gasteiger partial charge on any atom is -0.394 e. The number of aliphatic hydroxyl groups excluding tert-OH is 1. The van der Waals surface area contributed by atoms with Gasteiger partial charge in [0.05, 0.1) is 12.3 Å². The molecule has 0 saturated heterocycles. The molecule has 1 heterocycles. The maximum absolute atomic E-state index is 8.98. The van der Waals surface area contributed by atoms with Crippen LogP contribution in [0.15, 0.2) is 22.9 Å². The van der Waals surface area contributed by atoms with E-state index in [1.807, 2.05) is 19.1 Å². The second-order valence-corrected chi connectivity index (χ2v) is 3.52. The molecular formula is C9H13BrN2O. The van der Waals surface area contributed by atoms with Gasteiger partial charge in [0.25, 0.3) is 0 Å². The number of aromatic nitrogens is 1. The summed E-state index contributed by atoms with van der Waals surface area (Å²) in [5.41, 5.74) is 0.920. The summed E-state index contributed by atoms with van der Waals surface area (Å²) in [5.74, 6) is 0. The van der Waals surface area contributed by atoms with Crippen LogP contribution in [-0.4, -0.2) is 22.7 Å². The quantitative estimate of drug-likeness (QED) is 0.798. The molecule has 1 unspecified atom stereocenters. The van der Waals surface area contributed by atoms with Crippen molar-refractivity contribution < 1.29 is 5.11 Å². The Morgan fingerprint density at radius 2 is 2.46 bits per heavy atom. The van der Waals surface area contributed by atoms with Crippen molar-refractivity contribution in [1.82, 2.24) is 4.98 Å². The largest absolute Gasteiger partial charge is 0.394 e. The Labute approximate surface area is 86.3 Å². The lowest BCUT2D eigenvalue weighted by molar-refractivity contribution is 0.272. The van der Waals surface area contributed by atoms with E-state index in [1.54, 1.807) is 6.20 Å². The maximum atomic E-state index is 8.98. The Morgan fingerprint density at radius 3 is 3.00 bits per heavy atom. The summed E-state index contributed by atoms with van der Waals surface area (Å²) in [7, 11) is 0. The van der Waals surface area contributed by atoms with Gasteiger partial charge in [-0.2, -0.15) is 0 Å². The summed E-state index contributed by atoms with van der Waals surface area (Å²) in [6.45, 7) is 2.16. The summed E-state index contributed by atoms with van der Waals surface area (Å²) < 4.78 is 0.780. The van der Waals surface area contributed by atoms with E-state index < -0.39 is 0 Å². The summed E-state index contributed by atoms with van der Waals surface area (Å²) in [4.78, 5) is 4.07. The van der Waals surface area contributed by atoms with Crippen molar-refractivity contribution in [1.29, 1.82) is 0 Å². The number of halogens is 1. The topological polar surface area (TPSA) is 45.1 Å². The van der Waals surface area contributed by atoms with E-state index in [0.717, 1.165) is 16.7 Å². The van der Waals surface area contributed by atoms with E-state index in [2.05, 4.69) is 26.2 Å². The van der Waals surface area contributed by atoms with Crippen LogP contribution in [0.1, 0.15) is 13.3 Å². The van der Waals surface area contributed by atoms with Crippen LogP contribution in [0.3, 0.4) is 0 Å². The van der Waals surface area contributed by atoms with E-state index in [-0.39, 0.29) is 12.6 Å². The molecule has 1 aromatic rings. The summed E-state index contributed by atoms with van der Waals surface area (Å²) in [6, 6.07) is 3.88. The maximum Gasteiger partial charge on any atom is 0.129 e. The van der Waals surface area contributed by atoms with E-state index in [1.165, 1.54) is 0 Å².